The summed E-state index contributed by atoms with van der Waals surface area (Å²) in [5.74, 6) is -0.673. The lowest BCUT2D eigenvalue weighted by Crippen LogP contribution is -2.18. The van der Waals surface area contributed by atoms with Crippen molar-refractivity contribution in [1.29, 1.82) is 0 Å². The molecule has 0 spiro atoms. The van der Waals surface area contributed by atoms with Gasteiger partial charge in [-0.15, -0.1) is 0 Å². The van der Waals surface area contributed by atoms with Gasteiger partial charge in [-0.1, -0.05) is 31.9 Å². The topological polar surface area (TPSA) is 37.3 Å². The van der Waals surface area contributed by atoms with Crippen molar-refractivity contribution in [3.63, 3.8) is 0 Å². The fourth-order valence-corrected chi connectivity index (χ4v) is 1.57. The molecule has 0 heterocycles. The molecule has 0 saturated heterocycles. The van der Waals surface area contributed by atoms with E-state index in [2.05, 4.69) is 47.8 Å². The number of carbonyl (C=O) groups excluding carboxylic acids is 1. The highest BCUT2D eigenvalue weighted by atomic mass is 79.9. The van der Waals surface area contributed by atoms with Gasteiger partial charge in [0.15, 0.2) is 5.76 Å². The lowest BCUT2D eigenvalue weighted by atomic mass is 10.1. The lowest BCUT2D eigenvalue weighted by Gasteiger charge is -2.19. The normalized spacial score (nSPS) is 22.6. The molecule has 60 valence electrons. The Morgan fingerprint density at radius 3 is 2.45 bits per heavy atom. The summed E-state index contributed by atoms with van der Waals surface area (Å²) in [4.78, 5) is 10.8. The maximum Gasteiger partial charge on any atom is 0.220 e. The van der Waals surface area contributed by atoms with E-state index in [1.807, 2.05) is 0 Å². The third kappa shape index (κ3) is 1.76. The molecule has 0 radical (unpaired) electrons. The molecule has 0 aromatic heterocycles. The predicted octanol–water partition coefficient (Wildman–Crippen LogP) is 2.78. The van der Waals surface area contributed by atoms with Gasteiger partial charge in [0.1, 0.15) is 3.23 Å². The minimum absolute atomic E-state index is 0.277. The highest BCUT2D eigenvalue weighted by Gasteiger charge is 2.32. The predicted molar refractivity (Wildman–Crippen MR) is 53.3 cm³/mol. The Hall–Kier alpha value is 0.390. The molecule has 1 aliphatic carbocycles. The molecule has 0 saturated carbocycles. The van der Waals surface area contributed by atoms with Crippen LogP contribution in [0.2, 0.25) is 0 Å². The number of carbonyl (C=O) groups is 1. The highest BCUT2D eigenvalue weighted by Crippen LogP contribution is 2.42. The Balaban J connectivity index is 3.14. The Morgan fingerprint density at radius 1 is 1.45 bits per heavy atom. The molecule has 11 heavy (non-hydrogen) atoms. The van der Waals surface area contributed by atoms with Crippen LogP contribution in [0.1, 0.15) is 0 Å². The van der Waals surface area contributed by atoms with Gasteiger partial charge < -0.3 is 5.11 Å². The number of allylic oxidation sites excluding steroid dienone is 3. The number of aliphatic hydroxyl groups excluding tert-OH is 1. The fraction of sp³-hybridized carbons (Fsp3) is 0.167. The van der Waals surface area contributed by atoms with Crippen LogP contribution >= 0.6 is 47.8 Å². The van der Waals surface area contributed by atoms with E-state index in [1.165, 1.54) is 6.08 Å². The Morgan fingerprint density at radius 2 is 2.00 bits per heavy atom. The minimum Gasteiger partial charge on any atom is -0.504 e. The van der Waals surface area contributed by atoms with E-state index in [0.29, 0.717) is 4.48 Å². The van der Waals surface area contributed by atoms with Crippen molar-refractivity contribution in [2.24, 2.45) is 0 Å². The maximum absolute atomic E-state index is 10.8. The molecule has 5 heteroatoms. The van der Waals surface area contributed by atoms with Gasteiger partial charge in [0.25, 0.3) is 0 Å². The third-order valence-corrected chi connectivity index (χ3v) is 4.56. The summed E-state index contributed by atoms with van der Waals surface area (Å²) < 4.78 is -0.254. The first-order valence-electron chi connectivity index (χ1n) is 2.66. The SMILES string of the molecule is O=C1C=CC(Br)(Br)C(Br)=C1O. The van der Waals surface area contributed by atoms with Gasteiger partial charge >= 0.3 is 0 Å². The second-order valence-electron chi connectivity index (χ2n) is 1.98. The molecule has 0 aromatic carbocycles. The van der Waals surface area contributed by atoms with E-state index in [9.17, 15) is 4.79 Å². The van der Waals surface area contributed by atoms with Gasteiger partial charge in [-0.25, -0.2) is 0 Å². The molecular formula is C6H3Br3O2. The molecule has 0 aromatic rings. The zero-order valence-electron chi connectivity index (χ0n) is 5.14. The average molecular weight is 347 g/mol. The summed E-state index contributed by atoms with van der Waals surface area (Å²) in [5, 5.41) is 9.15. The molecule has 0 bridgehead atoms. The van der Waals surface area contributed by atoms with Crippen molar-refractivity contribution < 1.29 is 9.90 Å². The highest BCUT2D eigenvalue weighted by molar-refractivity contribution is 9.26. The van der Waals surface area contributed by atoms with Crippen LogP contribution in [-0.4, -0.2) is 14.1 Å². The summed E-state index contributed by atoms with van der Waals surface area (Å²) in [7, 11) is 0. The van der Waals surface area contributed by atoms with Gasteiger partial charge in [-0.3, -0.25) is 4.79 Å². The number of aliphatic hydroxyl groups is 1. The van der Waals surface area contributed by atoms with Gasteiger partial charge in [-0.2, -0.15) is 0 Å². The van der Waals surface area contributed by atoms with Crippen LogP contribution in [0.5, 0.6) is 0 Å². The smallest absolute Gasteiger partial charge is 0.220 e. The summed E-state index contributed by atoms with van der Waals surface area (Å²) >= 11 is 9.56. The number of alkyl halides is 2. The minimum atomic E-state index is -0.641. The van der Waals surface area contributed by atoms with Crippen LogP contribution in [-0.2, 0) is 4.79 Å². The molecular weight excluding hydrogens is 344 g/mol. The first-order chi connectivity index (χ1) is 4.95. The van der Waals surface area contributed by atoms with Crippen LogP contribution in [0, 0.1) is 0 Å². The van der Waals surface area contributed by atoms with Crippen molar-refractivity contribution in [1.82, 2.24) is 0 Å². The molecule has 1 rings (SSSR count). The third-order valence-electron chi connectivity index (χ3n) is 1.18. The Bertz CT molecular complexity index is 265. The van der Waals surface area contributed by atoms with Gasteiger partial charge in [0.05, 0.1) is 4.48 Å². The second-order valence-corrected chi connectivity index (χ2v) is 6.34. The molecule has 0 aliphatic heterocycles. The number of hydrogen-bond donors (Lipinski definition) is 1. The molecule has 0 unspecified atom stereocenters. The van der Waals surface area contributed by atoms with Crippen LogP contribution < -0.4 is 0 Å². The van der Waals surface area contributed by atoms with E-state index < -0.39 is 9.02 Å². The zero-order valence-corrected chi connectivity index (χ0v) is 9.90. The van der Waals surface area contributed by atoms with Crippen LogP contribution in [0.4, 0.5) is 0 Å². The van der Waals surface area contributed by atoms with E-state index in [-0.39, 0.29) is 5.76 Å². The van der Waals surface area contributed by atoms with Crippen molar-refractivity contribution in [3.05, 3.63) is 22.4 Å². The summed E-state index contributed by atoms with van der Waals surface area (Å²) in [5.41, 5.74) is 0. The fourth-order valence-electron chi connectivity index (χ4n) is 0.598. The van der Waals surface area contributed by atoms with Crippen LogP contribution in [0.25, 0.3) is 0 Å². The standard InChI is InChI=1S/C6H3Br3O2/c7-5-4(11)3(10)1-2-6(5,8)9/h1-2,11H. The molecule has 1 aliphatic rings. The first-order valence-corrected chi connectivity index (χ1v) is 5.03. The number of ketones is 1. The zero-order chi connectivity index (χ0) is 8.65. The molecule has 2 nitrogen and oxygen atoms in total. The van der Waals surface area contributed by atoms with E-state index >= 15 is 0 Å². The molecule has 0 atom stereocenters. The van der Waals surface area contributed by atoms with Crippen molar-refractivity contribution in [3.8, 4) is 0 Å². The largest absolute Gasteiger partial charge is 0.504 e. The lowest BCUT2D eigenvalue weighted by molar-refractivity contribution is -0.113. The second kappa shape index (κ2) is 3.03. The van der Waals surface area contributed by atoms with Gasteiger partial charge in [0.2, 0.25) is 5.78 Å². The maximum atomic E-state index is 10.8. The van der Waals surface area contributed by atoms with Crippen LogP contribution in [0.3, 0.4) is 0 Å². The summed E-state index contributed by atoms with van der Waals surface area (Å²) in [6.45, 7) is 0. The van der Waals surface area contributed by atoms with Crippen molar-refractivity contribution in [2.45, 2.75) is 3.23 Å². The average Bonchev–Trinajstić information content (AvgIpc) is 1.95. The van der Waals surface area contributed by atoms with Crippen LogP contribution in [0.15, 0.2) is 22.4 Å². The Labute approximate surface area is 88.7 Å². The number of halogens is 3. The molecule has 0 fully saturated rings. The summed E-state index contributed by atoms with van der Waals surface area (Å²) in [6, 6.07) is 0. The summed E-state index contributed by atoms with van der Waals surface area (Å²) in [6.07, 6.45) is 2.89. The van der Waals surface area contributed by atoms with Crippen molar-refractivity contribution >= 4 is 53.6 Å². The van der Waals surface area contributed by atoms with E-state index in [1.54, 1.807) is 6.08 Å². The molecule has 1 N–H and O–H groups in total. The Kier molecular flexibility index (Phi) is 2.61. The monoisotopic (exact) mass is 344 g/mol. The first kappa shape index (κ1) is 9.48. The quantitative estimate of drug-likeness (QED) is 0.685. The number of rotatable bonds is 0. The van der Waals surface area contributed by atoms with Gasteiger partial charge in [-0.05, 0) is 28.1 Å². The number of hydrogen-bond acceptors (Lipinski definition) is 2. The molecule has 0 amide bonds. The van der Waals surface area contributed by atoms with E-state index in [4.69, 9.17) is 5.11 Å². The van der Waals surface area contributed by atoms with Crippen molar-refractivity contribution in [2.75, 3.05) is 0 Å². The van der Waals surface area contributed by atoms with Gasteiger partial charge in [0, 0.05) is 0 Å². The van der Waals surface area contributed by atoms with E-state index in [0.717, 1.165) is 0 Å².